The van der Waals surface area contributed by atoms with Crippen molar-refractivity contribution < 1.29 is 0 Å². The highest BCUT2D eigenvalue weighted by Crippen LogP contribution is 2.10. The average molecular weight is 181 g/mol. The van der Waals surface area contributed by atoms with Crippen LogP contribution in [0.4, 0.5) is 0 Å². The largest absolute Gasteiger partial charge is 0.324 e. The van der Waals surface area contributed by atoms with Gasteiger partial charge in [0.25, 0.3) is 0 Å². The van der Waals surface area contributed by atoms with Gasteiger partial charge in [-0.25, -0.2) is 0 Å². The van der Waals surface area contributed by atoms with Gasteiger partial charge in [-0.05, 0) is 12.8 Å². The quantitative estimate of drug-likeness (QED) is 0.771. The van der Waals surface area contributed by atoms with Crippen molar-refractivity contribution in [2.75, 3.05) is 0 Å². The number of rotatable bonds is 4. The highest BCUT2D eigenvalue weighted by molar-refractivity contribution is 5.08. The van der Waals surface area contributed by atoms with Gasteiger partial charge in [-0.1, -0.05) is 20.3 Å². The van der Waals surface area contributed by atoms with Crippen LogP contribution in [0, 0.1) is 5.92 Å². The molecule has 1 aromatic heterocycles. The van der Waals surface area contributed by atoms with E-state index in [1.807, 2.05) is 24.0 Å². The molecule has 1 aromatic rings. The summed E-state index contributed by atoms with van der Waals surface area (Å²) in [5, 5.41) is 4.26. The number of hydrogen-bond acceptors (Lipinski definition) is 2. The first-order valence-corrected chi connectivity index (χ1v) is 4.91. The maximum Gasteiger partial charge on any atom is 0.0537 e. The monoisotopic (exact) mass is 181 g/mol. The average Bonchev–Trinajstić information content (AvgIpc) is 2.52. The zero-order chi connectivity index (χ0) is 9.84. The van der Waals surface area contributed by atoms with Crippen LogP contribution < -0.4 is 5.73 Å². The summed E-state index contributed by atoms with van der Waals surface area (Å²) in [5.41, 5.74) is 6.85. The second-order valence-corrected chi connectivity index (χ2v) is 3.80. The Kier molecular flexibility index (Phi) is 3.48. The fraction of sp³-hybridized carbons (Fsp3) is 0.700. The van der Waals surface area contributed by atoms with E-state index in [1.165, 1.54) is 6.42 Å². The molecule has 0 aromatic carbocycles. The molecule has 13 heavy (non-hydrogen) atoms. The highest BCUT2D eigenvalue weighted by atomic mass is 15.3. The predicted molar refractivity (Wildman–Crippen MR) is 54.3 cm³/mol. The van der Waals surface area contributed by atoms with Gasteiger partial charge < -0.3 is 5.73 Å². The lowest BCUT2D eigenvalue weighted by atomic mass is 10.1. The van der Waals surface area contributed by atoms with Crippen molar-refractivity contribution in [1.29, 1.82) is 0 Å². The van der Waals surface area contributed by atoms with E-state index >= 15 is 0 Å². The lowest BCUT2D eigenvalue weighted by molar-refractivity contribution is 0.438. The van der Waals surface area contributed by atoms with Crippen LogP contribution >= 0.6 is 0 Å². The molecule has 0 amide bonds. The second-order valence-electron chi connectivity index (χ2n) is 3.80. The second kappa shape index (κ2) is 4.42. The first-order chi connectivity index (χ1) is 6.13. The van der Waals surface area contributed by atoms with Crippen LogP contribution in [0.1, 0.15) is 38.8 Å². The maximum atomic E-state index is 5.74. The van der Waals surface area contributed by atoms with E-state index in [4.69, 9.17) is 5.73 Å². The van der Waals surface area contributed by atoms with Crippen LogP contribution in [0.25, 0.3) is 0 Å². The molecule has 0 aliphatic rings. The van der Waals surface area contributed by atoms with Crippen molar-refractivity contribution in [1.82, 2.24) is 9.78 Å². The Morgan fingerprint density at radius 1 is 1.54 bits per heavy atom. The lowest BCUT2D eigenvalue weighted by Gasteiger charge is -2.07. The Labute approximate surface area is 79.9 Å². The molecule has 1 rings (SSSR count). The summed E-state index contributed by atoms with van der Waals surface area (Å²) in [6, 6.07) is 0.0886. The van der Waals surface area contributed by atoms with Gasteiger partial charge in [0.15, 0.2) is 0 Å². The van der Waals surface area contributed by atoms with Crippen molar-refractivity contribution in [3.8, 4) is 0 Å². The molecule has 0 saturated carbocycles. The first-order valence-electron chi connectivity index (χ1n) is 4.91. The maximum absolute atomic E-state index is 5.74. The van der Waals surface area contributed by atoms with Gasteiger partial charge in [-0.15, -0.1) is 0 Å². The Hall–Kier alpha value is -0.830. The van der Waals surface area contributed by atoms with Gasteiger partial charge in [-0.2, -0.15) is 5.10 Å². The molecule has 0 aliphatic heterocycles. The molecule has 0 aliphatic carbocycles. The molecule has 2 atom stereocenters. The molecule has 3 heteroatoms. The van der Waals surface area contributed by atoms with E-state index in [0.717, 1.165) is 12.1 Å². The van der Waals surface area contributed by atoms with Gasteiger partial charge in [-0.3, -0.25) is 4.68 Å². The van der Waals surface area contributed by atoms with Crippen LogP contribution in [-0.4, -0.2) is 9.78 Å². The lowest BCUT2D eigenvalue weighted by Crippen LogP contribution is -2.07. The standard InChI is InChI=1S/C10H19N3/c1-4-8(2)6-13-7-10(5-12-13)9(3)11/h5,7-9H,4,6,11H2,1-3H3. The predicted octanol–water partition coefficient (Wildman–Crippen LogP) is 1.95. The minimum Gasteiger partial charge on any atom is -0.324 e. The summed E-state index contributed by atoms with van der Waals surface area (Å²) in [6.45, 7) is 7.39. The summed E-state index contributed by atoms with van der Waals surface area (Å²) >= 11 is 0. The number of nitrogens with two attached hydrogens (primary N) is 1. The van der Waals surface area contributed by atoms with Gasteiger partial charge in [0.2, 0.25) is 0 Å². The molecule has 0 spiro atoms. The first kappa shape index (κ1) is 10.3. The molecule has 0 bridgehead atoms. The summed E-state index contributed by atoms with van der Waals surface area (Å²) in [7, 11) is 0. The van der Waals surface area contributed by atoms with E-state index in [0.29, 0.717) is 5.92 Å². The van der Waals surface area contributed by atoms with Crippen LogP contribution in [0.2, 0.25) is 0 Å². The van der Waals surface area contributed by atoms with Gasteiger partial charge >= 0.3 is 0 Å². The van der Waals surface area contributed by atoms with Crippen LogP contribution in [0.15, 0.2) is 12.4 Å². The third kappa shape index (κ3) is 2.84. The van der Waals surface area contributed by atoms with E-state index in [-0.39, 0.29) is 6.04 Å². The molecular weight excluding hydrogens is 162 g/mol. The molecule has 3 nitrogen and oxygen atoms in total. The smallest absolute Gasteiger partial charge is 0.0537 e. The molecular formula is C10H19N3. The van der Waals surface area contributed by atoms with Crippen LogP contribution in [0.3, 0.4) is 0 Å². The molecule has 0 saturated heterocycles. The van der Waals surface area contributed by atoms with E-state index in [2.05, 4.69) is 18.9 Å². The molecule has 0 fully saturated rings. The van der Waals surface area contributed by atoms with Gasteiger partial charge in [0.1, 0.15) is 0 Å². The summed E-state index contributed by atoms with van der Waals surface area (Å²) in [4.78, 5) is 0. The number of aromatic nitrogens is 2. The van der Waals surface area contributed by atoms with Crippen molar-refractivity contribution in [3.63, 3.8) is 0 Å². The topological polar surface area (TPSA) is 43.8 Å². The molecule has 1 heterocycles. The Morgan fingerprint density at radius 2 is 2.23 bits per heavy atom. The third-order valence-corrected chi connectivity index (χ3v) is 2.37. The zero-order valence-electron chi connectivity index (χ0n) is 8.70. The van der Waals surface area contributed by atoms with Gasteiger partial charge in [0, 0.05) is 24.3 Å². The molecule has 0 radical (unpaired) electrons. The molecule has 74 valence electrons. The molecule has 2 N–H and O–H groups in total. The van der Waals surface area contributed by atoms with Crippen molar-refractivity contribution in [2.24, 2.45) is 11.7 Å². The van der Waals surface area contributed by atoms with Crippen LogP contribution in [0.5, 0.6) is 0 Å². The normalized spacial score (nSPS) is 15.7. The van der Waals surface area contributed by atoms with E-state index in [9.17, 15) is 0 Å². The Morgan fingerprint density at radius 3 is 2.69 bits per heavy atom. The van der Waals surface area contributed by atoms with Crippen LogP contribution in [-0.2, 0) is 6.54 Å². The Bertz CT molecular complexity index is 252. The fourth-order valence-corrected chi connectivity index (χ4v) is 1.16. The van der Waals surface area contributed by atoms with Crippen molar-refractivity contribution >= 4 is 0 Å². The van der Waals surface area contributed by atoms with E-state index in [1.54, 1.807) is 0 Å². The fourth-order valence-electron chi connectivity index (χ4n) is 1.16. The zero-order valence-corrected chi connectivity index (χ0v) is 8.70. The Balaban J connectivity index is 2.58. The third-order valence-electron chi connectivity index (χ3n) is 2.37. The van der Waals surface area contributed by atoms with Crippen molar-refractivity contribution in [2.45, 2.75) is 39.8 Å². The van der Waals surface area contributed by atoms with E-state index < -0.39 is 0 Å². The summed E-state index contributed by atoms with van der Waals surface area (Å²) in [5.74, 6) is 0.681. The number of hydrogen-bond donors (Lipinski definition) is 1. The summed E-state index contributed by atoms with van der Waals surface area (Å²) in [6.07, 6.45) is 5.08. The number of nitrogens with zero attached hydrogens (tertiary/aromatic N) is 2. The minimum atomic E-state index is 0.0886. The minimum absolute atomic E-state index is 0.0886. The summed E-state index contributed by atoms with van der Waals surface area (Å²) < 4.78 is 1.98. The molecule has 2 unspecified atom stereocenters. The van der Waals surface area contributed by atoms with Crippen molar-refractivity contribution in [3.05, 3.63) is 18.0 Å². The van der Waals surface area contributed by atoms with Gasteiger partial charge in [0.05, 0.1) is 6.20 Å². The SMILES string of the molecule is CCC(C)Cn1cc(C(C)N)cn1. The highest BCUT2D eigenvalue weighted by Gasteiger charge is 2.05.